The Balaban J connectivity index is 2.05. The molecule has 0 aromatic rings. The number of carbonyl (C=O) groups excluding carboxylic acids is 2. The summed E-state index contributed by atoms with van der Waals surface area (Å²) in [5, 5.41) is 58.6. The molecule has 4 saturated carbocycles. The Morgan fingerprint density at radius 3 is 2.12 bits per heavy atom. The van der Waals surface area contributed by atoms with Gasteiger partial charge in [0.1, 0.15) is 5.60 Å². The zero-order valence-electron chi connectivity index (χ0n) is 20.9. The molecule has 34 heavy (non-hydrogen) atoms. The van der Waals surface area contributed by atoms with E-state index in [9.17, 15) is 35.1 Å². The van der Waals surface area contributed by atoms with Crippen LogP contribution in [0.3, 0.4) is 0 Å². The smallest absolute Gasteiger partial charge is 0.305 e. The van der Waals surface area contributed by atoms with Crippen molar-refractivity contribution in [2.45, 2.75) is 115 Å². The highest BCUT2D eigenvalue weighted by atomic mass is 16.6. The second kappa shape index (κ2) is 7.62. The number of aliphatic hydroxyl groups is 5. The van der Waals surface area contributed by atoms with Gasteiger partial charge < -0.3 is 35.0 Å². The van der Waals surface area contributed by atoms with Gasteiger partial charge in [0, 0.05) is 36.0 Å². The molecule has 0 aromatic heterocycles. The van der Waals surface area contributed by atoms with Gasteiger partial charge in [0.15, 0.2) is 12.2 Å². The summed E-state index contributed by atoms with van der Waals surface area (Å²) in [6, 6.07) is 0. The molecule has 0 aliphatic heterocycles. The minimum Gasteiger partial charge on any atom is -0.458 e. The summed E-state index contributed by atoms with van der Waals surface area (Å²) in [4.78, 5) is 25.1. The molecule has 0 amide bonds. The summed E-state index contributed by atoms with van der Waals surface area (Å²) in [6.07, 6.45) is -4.15. The predicted octanol–water partition coefficient (Wildman–Crippen LogP) is 0.671. The number of hydrogen-bond acceptors (Lipinski definition) is 9. The summed E-state index contributed by atoms with van der Waals surface area (Å²) < 4.78 is 11.7. The third-order valence-corrected chi connectivity index (χ3v) is 10.2. The van der Waals surface area contributed by atoms with Gasteiger partial charge in [-0.15, -0.1) is 0 Å². The summed E-state index contributed by atoms with van der Waals surface area (Å²) in [5.74, 6) is -3.53. The molecule has 5 N–H and O–H groups in total. The quantitative estimate of drug-likeness (QED) is 0.364. The first kappa shape index (κ1) is 25.8. The fourth-order valence-electron chi connectivity index (χ4n) is 8.43. The van der Waals surface area contributed by atoms with E-state index in [0.717, 1.165) is 0 Å². The number of fused-ring (bicyclic) bond motifs is 2. The Labute approximate surface area is 200 Å². The Kier molecular flexibility index (Phi) is 5.79. The first-order valence-corrected chi connectivity index (χ1v) is 12.4. The van der Waals surface area contributed by atoms with Gasteiger partial charge in [-0.2, -0.15) is 0 Å². The van der Waals surface area contributed by atoms with E-state index in [1.165, 1.54) is 6.92 Å². The number of aliphatic hydroxyl groups excluding tert-OH is 2. The molecule has 4 fully saturated rings. The summed E-state index contributed by atoms with van der Waals surface area (Å²) in [7, 11) is 0. The van der Waals surface area contributed by atoms with Gasteiger partial charge in [-0.25, -0.2) is 0 Å². The normalized spacial score (nSPS) is 53.4. The molecule has 2 bridgehead atoms. The van der Waals surface area contributed by atoms with Gasteiger partial charge >= 0.3 is 11.9 Å². The highest BCUT2D eigenvalue weighted by Crippen LogP contribution is 2.70. The number of ether oxygens (including phenoxy) is 2. The first-order chi connectivity index (χ1) is 15.5. The molecule has 0 radical (unpaired) electrons. The second-order valence-corrected chi connectivity index (χ2v) is 12.2. The average molecular weight is 485 g/mol. The van der Waals surface area contributed by atoms with Gasteiger partial charge in [0.25, 0.3) is 0 Å². The minimum atomic E-state index is -1.99. The van der Waals surface area contributed by atoms with Crippen molar-refractivity contribution >= 4 is 11.9 Å². The van der Waals surface area contributed by atoms with Crippen LogP contribution in [-0.4, -0.2) is 78.7 Å². The third-order valence-electron chi connectivity index (χ3n) is 10.2. The van der Waals surface area contributed by atoms with Gasteiger partial charge in [0.05, 0.1) is 23.4 Å². The van der Waals surface area contributed by atoms with Crippen molar-refractivity contribution in [2.75, 3.05) is 0 Å². The Hall–Kier alpha value is -1.26. The Morgan fingerprint density at radius 2 is 1.56 bits per heavy atom. The fourth-order valence-corrected chi connectivity index (χ4v) is 8.43. The summed E-state index contributed by atoms with van der Waals surface area (Å²) in [5.41, 5.74) is -7.58. The van der Waals surface area contributed by atoms with Crippen LogP contribution in [0.15, 0.2) is 0 Å². The molecule has 0 heterocycles. The lowest BCUT2D eigenvalue weighted by Gasteiger charge is -2.52. The number of carbonyl (C=O) groups is 2. The lowest BCUT2D eigenvalue weighted by atomic mass is 9.56. The topological polar surface area (TPSA) is 154 Å². The maximum atomic E-state index is 12.7. The van der Waals surface area contributed by atoms with Crippen molar-refractivity contribution in [1.82, 2.24) is 0 Å². The molecule has 4 rings (SSSR count). The monoisotopic (exact) mass is 484 g/mol. The van der Waals surface area contributed by atoms with E-state index >= 15 is 0 Å². The van der Waals surface area contributed by atoms with E-state index < -0.39 is 81.7 Å². The third kappa shape index (κ3) is 3.03. The second-order valence-electron chi connectivity index (χ2n) is 12.2. The van der Waals surface area contributed by atoms with Gasteiger partial charge in [0.2, 0.25) is 0 Å². The van der Waals surface area contributed by atoms with E-state index in [0.29, 0.717) is 12.8 Å². The molecule has 1 spiro atoms. The highest BCUT2D eigenvalue weighted by Gasteiger charge is 2.81. The van der Waals surface area contributed by atoms with Crippen molar-refractivity contribution in [3.63, 3.8) is 0 Å². The van der Waals surface area contributed by atoms with Crippen LogP contribution in [0.25, 0.3) is 0 Å². The van der Waals surface area contributed by atoms with Crippen LogP contribution < -0.4 is 0 Å². The molecule has 0 saturated heterocycles. The molecule has 194 valence electrons. The predicted molar refractivity (Wildman–Crippen MR) is 119 cm³/mol. The van der Waals surface area contributed by atoms with Crippen molar-refractivity contribution in [3.05, 3.63) is 0 Å². The van der Waals surface area contributed by atoms with E-state index in [2.05, 4.69) is 0 Å². The van der Waals surface area contributed by atoms with Crippen molar-refractivity contribution in [3.8, 4) is 0 Å². The first-order valence-electron chi connectivity index (χ1n) is 12.4. The zero-order valence-corrected chi connectivity index (χ0v) is 20.9. The standard InChI is InChI=1S/C25H40O9/c1-7-17(28)34-19-20(33-12(2)26)25(32)15(10-16(27)21(25,3)4)23(6,31)14-9-8-13-18(29)24(14,19)11-22(13,5)30/h13-16,18-20,27,29-32H,7-11H2,1-6H3/t13-,14+,15+,16+,18+,19+,20+,22-,23+,24-,25-/m0/s1. The van der Waals surface area contributed by atoms with Gasteiger partial charge in [-0.05, 0) is 45.4 Å². The average Bonchev–Trinajstić information content (AvgIpc) is 2.94. The molecule has 0 aromatic carbocycles. The molecule has 0 unspecified atom stereocenters. The Morgan fingerprint density at radius 1 is 0.941 bits per heavy atom. The number of hydrogen-bond donors (Lipinski definition) is 5. The molecular weight excluding hydrogens is 444 g/mol. The SMILES string of the molecule is CCC(=O)O[C@@H]1[C@@H](OC(C)=O)[C@@]2(O)[C@H](C[C@@H](O)C2(C)C)[C@](C)(O)[C@H]2CC[C@H]3[C@@H](O)[C@@]12C[C@]3(C)O. The molecule has 9 nitrogen and oxygen atoms in total. The van der Waals surface area contributed by atoms with Crippen molar-refractivity contribution < 1.29 is 44.6 Å². The lowest BCUT2D eigenvalue weighted by Crippen LogP contribution is -2.65. The van der Waals surface area contributed by atoms with E-state index in [1.54, 1.807) is 34.6 Å². The van der Waals surface area contributed by atoms with Crippen molar-refractivity contribution in [1.29, 1.82) is 0 Å². The molecule has 4 aliphatic carbocycles. The van der Waals surface area contributed by atoms with Crippen LogP contribution in [0, 0.1) is 28.6 Å². The van der Waals surface area contributed by atoms with Crippen LogP contribution in [0.1, 0.15) is 73.6 Å². The zero-order chi connectivity index (χ0) is 25.6. The van der Waals surface area contributed by atoms with E-state index in [1.807, 2.05) is 0 Å². The molecular formula is C25H40O9. The van der Waals surface area contributed by atoms with Gasteiger partial charge in [-0.1, -0.05) is 20.8 Å². The van der Waals surface area contributed by atoms with Crippen LogP contribution in [0.4, 0.5) is 0 Å². The van der Waals surface area contributed by atoms with E-state index in [4.69, 9.17) is 9.47 Å². The molecule has 11 atom stereocenters. The highest BCUT2D eigenvalue weighted by molar-refractivity contribution is 5.70. The van der Waals surface area contributed by atoms with Crippen molar-refractivity contribution in [2.24, 2.45) is 28.6 Å². The number of esters is 2. The van der Waals surface area contributed by atoms with Crippen LogP contribution >= 0.6 is 0 Å². The fraction of sp³-hybridized carbons (Fsp3) is 0.920. The minimum absolute atomic E-state index is 0.00213. The van der Waals surface area contributed by atoms with E-state index in [-0.39, 0.29) is 19.3 Å². The maximum absolute atomic E-state index is 12.7. The van der Waals surface area contributed by atoms with Crippen LogP contribution in [0.5, 0.6) is 0 Å². The Bertz CT molecular complexity index is 866. The molecule has 9 heteroatoms. The summed E-state index contributed by atoms with van der Waals surface area (Å²) >= 11 is 0. The van der Waals surface area contributed by atoms with Crippen LogP contribution in [-0.2, 0) is 19.1 Å². The maximum Gasteiger partial charge on any atom is 0.305 e. The van der Waals surface area contributed by atoms with Crippen LogP contribution in [0.2, 0.25) is 0 Å². The largest absolute Gasteiger partial charge is 0.458 e. The molecule has 4 aliphatic rings. The summed E-state index contributed by atoms with van der Waals surface area (Å²) in [6.45, 7) is 9.27. The number of rotatable bonds is 3. The lowest BCUT2D eigenvalue weighted by molar-refractivity contribution is -0.241. The van der Waals surface area contributed by atoms with Gasteiger partial charge in [-0.3, -0.25) is 9.59 Å².